The maximum atomic E-state index is 14.0. The number of methoxy groups -OCH3 is 1. The molecule has 0 atom stereocenters. The number of rotatable bonds is 8. The molecule has 1 heterocycles. The predicted molar refractivity (Wildman–Crippen MR) is 165 cm³/mol. The number of allylic oxidation sites excluding steroid dienone is 4. The number of halogens is 1. The first kappa shape index (κ1) is 30.8. The molecule has 2 aromatic rings. The van der Waals surface area contributed by atoms with Crippen molar-refractivity contribution in [2.75, 3.05) is 13.7 Å². The molecule has 43 heavy (non-hydrogen) atoms. The Labute approximate surface area is 257 Å². The van der Waals surface area contributed by atoms with Crippen LogP contribution in [0.15, 0.2) is 58.9 Å². The van der Waals surface area contributed by atoms with Gasteiger partial charge in [0.25, 0.3) is 5.69 Å². The Morgan fingerprint density at radius 1 is 0.953 bits per heavy atom. The third kappa shape index (κ3) is 5.94. The standard InChI is InChI=1S/C34H39ClN2O6/c1-7-12-36-24-15-33(2,3)17-26(38)30(24)29(31-25(36)16-34(4,5)18-27(31)39)21-13-23(35)32(28(14-21)42-6)43-19-20-8-10-22(11-9-20)37(40)41/h8-11,13-14,29H,7,12,15-19H2,1-6H3. The molecule has 5 rings (SSSR count). The molecule has 0 N–H and O–H groups in total. The van der Waals surface area contributed by atoms with Crippen LogP contribution in [0.5, 0.6) is 11.5 Å². The lowest BCUT2D eigenvalue weighted by molar-refractivity contribution is -0.384. The summed E-state index contributed by atoms with van der Waals surface area (Å²) in [7, 11) is 1.52. The van der Waals surface area contributed by atoms with Gasteiger partial charge in [-0.3, -0.25) is 19.7 Å². The first-order valence-electron chi connectivity index (χ1n) is 14.8. The first-order valence-corrected chi connectivity index (χ1v) is 15.2. The minimum Gasteiger partial charge on any atom is -0.493 e. The molecule has 1 aliphatic heterocycles. The highest BCUT2D eigenvalue weighted by Gasteiger charge is 2.49. The number of nitro benzene ring substituents is 1. The number of non-ortho nitro benzene ring substituents is 1. The third-order valence-corrected chi connectivity index (χ3v) is 8.87. The Balaban J connectivity index is 1.61. The Morgan fingerprint density at radius 2 is 1.51 bits per heavy atom. The fourth-order valence-corrected chi connectivity index (χ4v) is 7.06. The molecule has 0 radical (unpaired) electrons. The smallest absolute Gasteiger partial charge is 0.269 e. The average Bonchev–Trinajstić information content (AvgIpc) is 2.91. The van der Waals surface area contributed by atoms with Crippen LogP contribution in [-0.4, -0.2) is 35.0 Å². The SMILES string of the molecule is CCCN1C2=C(C(=O)CC(C)(C)C2)C(c2cc(Cl)c(OCc3ccc([N+](=O)[O-])cc3)c(OC)c2)C2=C1CC(C)(C)CC2=O. The highest BCUT2D eigenvalue weighted by Crippen LogP contribution is 2.55. The number of ketones is 2. The van der Waals surface area contributed by atoms with E-state index in [0.29, 0.717) is 40.5 Å². The average molecular weight is 607 g/mol. The van der Waals surface area contributed by atoms with Gasteiger partial charge in [-0.15, -0.1) is 0 Å². The molecule has 228 valence electrons. The fraction of sp³-hybridized carbons (Fsp3) is 0.471. The van der Waals surface area contributed by atoms with Gasteiger partial charge in [0, 0.05) is 60.0 Å². The zero-order chi connectivity index (χ0) is 31.3. The molecule has 8 nitrogen and oxygen atoms in total. The summed E-state index contributed by atoms with van der Waals surface area (Å²) in [6, 6.07) is 9.72. The number of carbonyl (C=O) groups excluding carboxylic acids is 2. The summed E-state index contributed by atoms with van der Waals surface area (Å²) in [5, 5.41) is 11.3. The largest absolute Gasteiger partial charge is 0.493 e. The van der Waals surface area contributed by atoms with Crippen LogP contribution in [-0.2, 0) is 16.2 Å². The van der Waals surface area contributed by atoms with E-state index in [-0.39, 0.29) is 34.7 Å². The van der Waals surface area contributed by atoms with Crippen LogP contribution >= 0.6 is 11.6 Å². The minimum atomic E-state index is -0.541. The van der Waals surface area contributed by atoms with E-state index in [1.54, 1.807) is 18.2 Å². The Bertz CT molecular complexity index is 1500. The number of benzene rings is 2. The van der Waals surface area contributed by atoms with Crippen molar-refractivity contribution in [3.8, 4) is 11.5 Å². The lowest BCUT2D eigenvalue weighted by atomic mass is 9.63. The molecule has 2 aliphatic carbocycles. The Morgan fingerprint density at radius 3 is 2.00 bits per heavy atom. The quantitative estimate of drug-likeness (QED) is 0.222. The molecule has 0 amide bonds. The van der Waals surface area contributed by atoms with Crippen LogP contribution in [0.1, 0.15) is 83.8 Å². The van der Waals surface area contributed by atoms with Crippen molar-refractivity contribution >= 4 is 28.9 Å². The number of carbonyl (C=O) groups is 2. The molecule has 0 unspecified atom stereocenters. The van der Waals surface area contributed by atoms with Gasteiger partial charge in [0.1, 0.15) is 6.61 Å². The molecular formula is C34H39ClN2O6. The molecule has 0 saturated carbocycles. The highest BCUT2D eigenvalue weighted by atomic mass is 35.5. The summed E-state index contributed by atoms with van der Waals surface area (Å²) in [5.74, 6) is 0.299. The minimum absolute atomic E-state index is 0.00246. The van der Waals surface area contributed by atoms with Gasteiger partial charge in [-0.25, -0.2) is 0 Å². The number of hydrogen-bond donors (Lipinski definition) is 0. The molecular weight excluding hydrogens is 568 g/mol. The second kappa shape index (κ2) is 11.5. The lowest BCUT2D eigenvalue weighted by Gasteiger charge is -2.49. The van der Waals surface area contributed by atoms with Gasteiger partial charge in [0.15, 0.2) is 23.1 Å². The van der Waals surface area contributed by atoms with Gasteiger partial charge < -0.3 is 14.4 Å². The summed E-state index contributed by atoms with van der Waals surface area (Å²) in [5.41, 5.74) is 4.49. The van der Waals surface area contributed by atoms with Crippen molar-refractivity contribution in [3.05, 3.63) is 85.2 Å². The van der Waals surface area contributed by atoms with E-state index in [2.05, 4.69) is 39.5 Å². The first-order chi connectivity index (χ1) is 20.2. The topological polar surface area (TPSA) is 99.0 Å². The van der Waals surface area contributed by atoms with E-state index in [1.165, 1.54) is 19.2 Å². The molecule has 0 bridgehead atoms. The van der Waals surface area contributed by atoms with E-state index in [0.717, 1.165) is 48.3 Å². The van der Waals surface area contributed by atoms with Crippen molar-refractivity contribution in [2.45, 2.75) is 79.2 Å². The monoisotopic (exact) mass is 606 g/mol. The highest BCUT2D eigenvalue weighted by molar-refractivity contribution is 6.32. The Kier molecular flexibility index (Phi) is 8.20. The summed E-state index contributed by atoms with van der Waals surface area (Å²) in [6.45, 7) is 11.5. The maximum Gasteiger partial charge on any atom is 0.269 e. The number of nitro groups is 1. The maximum absolute atomic E-state index is 14.0. The molecule has 9 heteroatoms. The zero-order valence-corrected chi connectivity index (χ0v) is 26.5. The Hall–Kier alpha value is -3.65. The van der Waals surface area contributed by atoms with Crippen LogP contribution in [0.25, 0.3) is 0 Å². The zero-order valence-electron chi connectivity index (χ0n) is 25.7. The van der Waals surface area contributed by atoms with Crippen LogP contribution < -0.4 is 9.47 Å². The van der Waals surface area contributed by atoms with Crippen LogP contribution in [0, 0.1) is 20.9 Å². The van der Waals surface area contributed by atoms with Gasteiger partial charge in [-0.2, -0.15) is 0 Å². The summed E-state index contributed by atoms with van der Waals surface area (Å²) < 4.78 is 11.8. The van der Waals surface area contributed by atoms with Gasteiger partial charge in [-0.05, 0) is 65.5 Å². The number of hydrogen-bond acceptors (Lipinski definition) is 7. The second-order valence-electron chi connectivity index (χ2n) is 13.4. The van der Waals surface area contributed by atoms with Crippen LogP contribution in [0.3, 0.4) is 0 Å². The third-order valence-electron chi connectivity index (χ3n) is 8.58. The molecule has 0 saturated heterocycles. The van der Waals surface area contributed by atoms with E-state index >= 15 is 0 Å². The predicted octanol–water partition coefficient (Wildman–Crippen LogP) is 7.93. The second-order valence-corrected chi connectivity index (χ2v) is 13.8. The van der Waals surface area contributed by atoms with Crippen LogP contribution in [0.2, 0.25) is 5.02 Å². The van der Waals surface area contributed by atoms with Crippen LogP contribution in [0.4, 0.5) is 5.69 Å². The molecule has 0 fully saturated rings. The molecule has 0 aromatic heterocycles. The van der Waals surface area contributed by atoms with E-state index in [4.69, 9.17) is 21.1 Å². The van der Waals surface area contributed by atoms with Gasteiger partial charge in [-0.1, -0.05) is 46.2 Å². The van der Waals surface area contributed by atoms with Crippen molar-refractivity contribution in [1.29, 1.82) is 0 Å². The lowest BCUT2D eigenvalue weighted by Crippen LogP contribution is -2.44. The normalized spacial score (nSPS) is 19.7. The summed E-state index contributed by atoms with van der Waals surface area (Å²) in [4.78, 5) is 40.8. The van der Waals surface area contributed by atoms with Gasteiger partial charge in [0.2, 0.25) is 0 Å². The van der Waals surface area contributed by atoms with Crippen molar-refractivity contribution < 1.29 is 24.0 Å². The molecule has 3 aliphatic rings. The van der Waals surface area contributed by atoms with E-state index < -0.39 is 10.8 Å². The molecule has 2 aromatic carbocycles. The van der Waals surface area contributed by atoms with Crippen molar-refractivity contribution in [1.82, 2.24) is 4.90 Å². The molecule has 0 spiro atoms. The number of ether oxygens (including phenoxy) is 2. The van der Waals surface area contributed by atoms with Gasteiger partial charge >= 0.3 is 0 Å². The summed E-state index contributed by atoms with van der Waals surface area (Å²) in [6.07, 6.45) is 3.20. The number of Topliss-reactive ketones (excluding diaryl/α,β-unsaturated/α-hetero) is 2. The van der Waals surface area contributed by atoms with E-state index in [1.807, 2.05) is 6.07 Å². The van der Waals surface area contributed by atoms with Crippen molar-refractivity contribution in [2.24, 2.45) is 10.8 Å². The number of nitrogens with zero attached hydrogens (tertiary/aromatic N) is 2. The van der Waals surface area contributed by atoms with Crippen molar-refractivity contribution in [3.63, 3.8) is 0 Å². The van der Waals surface area contributed by atoms with Gasteiger partial charge in [0.05, 0.1) is 17.1 Å². The summed E-state index contributed by atoms with van der Waals surface area (Å²) >= 11 is 6.85. The van der Waals surface area contributed by atoms with E-state index in [9.17, 15) is 19.7 Å². The fourth-order valence-electron chi connectivity index (χ4n) is 6.79.